The highest BCUT2D eigenvalue weighted by Gasteiger charge is 2.19. The van der Waals surface area contributed by atoms with Gasteiger partial charge in [-0.15, -0.1) is 0 Å². The van der Waals surface area contributed by atoms with Crippen molar-refractivity contribution in [2.24, 2.45) is 0 Å². The van der Waals surface area contributed by atoms with Crippen LogP contribution in [-0.4, -0.2) is 37.2 Å². The molecule has 0 aromatic rings. The molecule has 0 heterocycles. The predicted molar refractivity (Wildman–Crippen MR) is 297 cm³/mol. The van der Waals surface area contributed by atoms with Gasteiger partial charge in [0.2, 0.25) is 0 Å². The molecular formula is C63H106O6. The van der Waals surface area contributed by atoms with Crippen molar-refractivity contribution >= 4 is 17.9 Å². The predicted octanol–water partition coefficient (Wildman–Crippen LogP) is 19.3. The van der Waals surface area contributed by atoms with Crippen molar-refractivity contribution < 1.29 is 28.6 Å². The van der Waals surface area contributed by atoms with Crippen LogP contribution in [0.1, 0.15) is 265 Å². The van der Waals surface area contributed by atoms with E-state index in [0.29, 0.717) is 19.3 Å². The molecule has 0 aliphatic carbocycles. The lowest BCUT2D eigenvalue weighted by molar-refractivity contribution is -0.167. The minimum Gasteiger partial charge on any atom is -0.462 e. The number of ether oxygens (including phenoxy) is 3. The second kappa shape index (κ2) is 56.9. The molecule has 1 unspecified atom stereocenters. The number of allylic oxidation sites excluding steroid dienone is 16. The van der Waals surface area contributed by atoms with Crippen LogP contribution in [0.25, 0.3) is 0 Å². The summed E-state index contributed by atoms with van der Waals surface area (Å²) in [5.41, 5.74) is 0. The monoisotopic (exact) mass is 959 g/mol. The molecule has 0 spiro atoms. The van der Waals surface area contributed by atoms with Crippen molar-refractivity contribution in [3.05, 3.63) is 97.2 Å². The Balaban J connectivity index is 4.41. The van der Waals surface area contributed by atoms with Crippen LogP contribution in [-0.2, 0) is 28.6 Å². The van der Waals surface area contributed by atoms with Crippen LogP contribution in [0.5, 0.6) is 0 Å². The van der Waals surface area contributed by atoms with E-state index in [1.807, 2.05) is 0 Å². The summed E-state index contributed by atoms with van der Waals surface area (Å²) in [6.45, 7) is 6.47. The first-order valence-corrected chi connectivity index (χ1v) is 28.7. The van der Waals surface area contributed by atoms with Gasteiger partial charge >= 0.3 is 17.9 Å². The maximum absolute atomic E-state index is 12.9. The summed E-state index contributed by atoms with van der Waals surface area (Å²) in [4.78, 5) is 38.1. The van der Waals surface area contributed by atoms with Crippen LogP contribution in [0, 0.1) is 0 Å². The van der Waals surface area contributed by atoms with E-state index >= 15 is 0 Å². The molecule has 0 bridgehead atoms. The van der Waals surface area contributed by atoms with Crippen LogP contribution in [0.4, 0.5) is 0 Å². The third kappa shape index (κ3) is 55.1. The first-order valence-electron chi connectivity index (χ1n) is 28.7. The van der Waals surface area contributed by atoms with Gasteiger partial charge in [0.05, 0.1) is 0 Å². The van der Waals surface area contributed by atoms with Crippen LogP contribution in [0.2, 0.25) is 0 Å². The van der Waals surface area contributed by atoms with Gasteiger partial charge in [-0.05, 0) is 103 Å². The van der Waals surface area contributed by atoms with Gasteiger partial charge in [0.1, 0.15) is 13.2 Å². The third-order valence-corrected chi connectivity index (χ3v) is 12.1. The summed E-state index contributed by atoms with van der Waals surface area (Å²) in [6, 6.07) is 0. The van der Waals surface area contributed by atoms with Crippen molar-refractivity contribution in [3.63, 3.8) is 0 Å². The molecule has 1 atom stereocenters. The first kappa shape index (κ1) is 65.3. The largest absolute Gasteiger partial charge is 0.462 e. The topological polar surface area (TPSA) is 78.9 Å². The summed E-state index contributed by atoms with van der Waals surface area (Å²) in [5.74, 6) is -0.918. The standard InChI is InChI=1S/C63H106O6/c1-4-7-10-13-16-19-22-24-26-28-30-31-33-34-36-38-41-44-47-50-53-56-62(65)68-59-60(58-67-61(64)55-52-49-46-43-40-21-18-15-12-9-6-3)69-63(66)57-54-51-48-45-42-39-37-35-32-29-27-25-23-20-17-14-11-8-5-2/h7,10,16-17,19-20,24-27,30-32,34-36,60H,4-6,8-9,11-15,18,21-23,28-29,33,37-59H2,1-3H3/b10-7-,19-16-,20-17-,26-24-,27-25-,31-30-,35-32-,36-34-. The van der Waals surface area contributed by atoms with Gasteiger partial charge < -0.3 is 14.2 Å². The fourth-order valence-corrected chi connectivity index (χ4v) is 7.77. The Morgan fingerprint density at radius 2 is 0.565 bits per heavy atom. The Morgan fingerprint density at radius 1 is 0.304 bits per heavy atom. The average Bonchev–Trinajstić information content (AvgIpc) is 3.35. The van der Waals surface area contributed by atoms with E-state index in [1.54, 1.807) is 0 Å². The van der Waals surface area contributed by atoms with Gasteiger partial charge in [-0.2, -0.15) is 0 Å². The van der Waals surface area contributed by atoms with Gasteiger partial charge in [0.25, 0.3) is 0 Å². The van der Waals surface area contributed by atoms with Crippen LogP contribution in [0.3, 0.4) is 0 Å². The zero-order chi connectivity index (χ0) is 50.0. The second-order valence-electron chi connectivity index (χ2n) is 18.8. The molecule has 0 amide bonds. The molecule has 0 rings (SSSR count). The molecule has 394 valence electrons. The van der Waals surface area contributed by atoms with Gasteiger partial charge in [0, 0.05) is 19.3 Å². The fraction of sp³-hybridized carbons (Fsp3) is 0.698. The molecule has 0 N–H and O–H groups in total. The van der Waals surface area contributed by atoms with E-state index in [9.17, 15) is 14.4 Å². The molecule has 0 aliphatic heterocycles. The van der Waals surface area contributed by atoms with Crippen molar-refractivity contribution in [2.75, 3.05) is 13.2 Å². The Morgan fingerprint density at radius 3 is 0.913 bits per heavy atom. The number of rotatable bonds is 51. The lowest BCUT2D eigenvalue weighted by Crippen LogP contribution is -2.30. The van der Waals surface area contributed by atoms with E-state index in [0.717, 1.165) is 135 Å². The lowest BCUT2D eigenvalue weighted by atomic mass is 10.1. The second-order valence-corrected chi connectivity index (χ2v) is 18.8. The highest BCUT2D eigenvalue weighted by atomic mass is 16.6. The summed E-state index contributed by atoms with van der Waals surface area (Å²) >= 11 is 0. The van der Waals surface area contributed by atoms with E-state index in [1.165, 1.54) is 89.9 Å². The van der Waals surface area contributed by atoms with Gasteiger partial charge in [0.15, 0.2) is 6.10 Å². The Kier molecular flexibility index (Phi) is 53.9. The van der Waals surface area contributed by atoms with Crippen molar-refractivity contribution in [3.8, 4) is 0 Å². The van der Waals surface area contributed by atoms with Gasteiger partial charge in [-0.1, -0.05) is 240 Å². The molecule has 0 saturated heterocycles. The minimum absolute atomic E-state index is 0.0882. The molecule has 6 heteroatoms. The van der Waals surface area contributed by atoms with E-state index in [-0.39, 0.29) is 31.1 Å². The lowest BCUT2D eigenvalue weighted by Gasteiger charge is -2.18. The molecule has 0 aromatic heterocycles. The maximum Gasteiger partial charge on any atom is 0.306 e. The minimum atomic E-state index is -0.792. The Hall–Kier alpha value is -3.67. The van der Waals surface area contributed by atoms with E-state index < -0.39 is 6.10 Å². The van der Waals surface area contributed by atoms with Gasteiger partial charge in [-0.25, -0.2) is 0 Å². The van der Waals surface area contributed by atoms with Crippen molar-refractivity contribution in [2.45, 2.75) is 271 Å². The Labute approximate surface area is 426 Å². The Bertz CT molecular complexity index is 1380. The van der Waals surface area contributed by atoms with Crippen molar-refractivity contribution in [1.82, 2.24) is 0 Å². The molecule has 0 radical (unpaired) electrons. The highest BCUT2D eigenvalue weighted by Crippen LogP contribution is 2.15. The van der Waals surface area contributed by atoms with Gasteiger partial charge in [-0.3, -0.25) is 14.4 Å². The van der Waals surface area contributed by atoms with Crippen LogP contribution >= 0.6 is 0 Å². The van der Waals surface area contributed by atoms with E-state index in [2.05, 4.69) is 118 Å². The average molecular weight is 960 g/mol. The number of hydrogen-bond donors (Lipinski definition) is 0. The summed E-state index contributed by atoms with van der Waals surface area (Å²) < 4.78 is 16.8. The van der Waals surface area contributed by atoms with Crippen molar-refractivity contribution in [1.29, 1.82) is 0 Å². The van der Waals surface area contributed by atoms with Crippen LogP contribution < -0.4 is 0 Å². The molecule has 0 aromatic carbocycles. The smallest absolute Gasteiger partial charge is 0.306 e. The fourth-order valence-electron chi connectivity index (χ4n) is 7.77. The highest BCUT2D eigenvalue weighted by molar-refractivity contribution is 5.71. The number of carbonyl (C=O) groups is 3. The maximum atomic E-state index is 12.9. The number of carbonyl (C=O) groups excluding carboxylic acids is 3. The quantitative estimate of drug-likeness (QED) is 0.0262. The molecular weight excluding hydrogens is 853 g/mol. The summed E-state index contributed by atoms with van der Waals surface area (Å²) in [6.07, 6.45) is 75.3. The molecule has 69 heavy (non-hydrogen) atoms. The third-order valence-electron chi connectivity index (χ3n) is 12.1. The SMILES string of the molecule is CC/C=C\C/C=C\C/C=C\C/C=C\C/C=C\CCCCCCCC(=O)OCC(COC(=O)CCCCCCCCCCCCC)OC(=O)CCCCCCCC/C=C\C/C=C\C/C=C\CCCCC. The molecule has 0 saturated carbocycles. The molecule has 6 nitrogen and oxygen atoms in total. The zero-order valence-electron chi connectivity index (χ0n) is 45.0. The van der Waals surface area contributed by atoms with Crippen LogP contribution in [0.15, 0.2) is 97.2 Å². The normalized spacial score (nSPS) is 12.8. The zero-order valence-corrected chi connectivity index (χ0v) is 45.0. The summed E-state index contributed by atoms with van der Waals surface area (Å²) in [7, 11) is 0. The number of hydrogen-bond acceptors (Lipinski definition) is 6. The molecule has 0 fully saturated rings. The first-order chi connectivity index (χ1) is 34.0. The van der Waals surface area contributed by atoms with E-state index in [4.69, 9.17) is 14.2 Å². The number of unbranched alkanes of at least 4 members (excludes halogenated alkanes) is 24. The molecule has 0 aliphatic rings. The number of esters is 3. The summed E-state index contributed by atoms with van der Waals surface area (Å²) in [5, 5.41) is 0.